The monoisotopic (exact) mass is 227 g/mol. The lowest BCUT2D eigenvalue weighted by atomic mass is 10.2. The Labute approximate surface area is 96.6 Å². The molecular weight excluding hydrogens is 206 g/mol. The highest BCUT2D eigenvalue weighted by Gasteiger charge is 2.30. The summed E-state index contributed by atoms with van der Waals surface area (Å²) in [6, 6.07) is -0.0164. The highest BCUT2D eigenvalue weighted by Crippen LogP contribution is 2.10. The van der Waals surface area contributed by atoms with Gasteiger partial charge in [0.2, 0.25) is 11.8 Å². The molecule has 0 aromatic rings. The van der Waals surface area contributed by atoms with Gasteiger partial charge >= 0.3 is 0 Å². The van der Waals surface area contributed by atoms with E-state index < -0.39 is 0 Å². The van der Waals surface area contributed by atoms with Gasteiger partial charge in [-0.3, -0.25) is 9.59 Å². The number of hydrogen-bond acceptors (Lipinski definition) is 3. The van der Waals surface area contributed by atoms with Crippen molar-refractivity contribution in [2.24, 2.45) is 0 Å². The molecular formula is C11H21N3O2. The highest BCUT2D eigenvalue weighted by molar-refractivity contribution is 5.84. The summed E-state index contributed by atoms with van der Waals surface area (Å²) in [5, 5.41) is 5.93. The van der Waals surface area contributed by atoms with Crippen LogP contribution in [0.5, 0.6) is 0 Å². The topological polar surface area (TPSA) is 61.4 Å². The summed E-state index contributed by atoms with van der Waals surface area (Å²) >= 11 is 0. The number of hydrogen-bond donors (Lipinski definition) is 2. The van der Waals surface area contributed by atoms with Crippen molar-refractivity contribution in [3.8, 4) is 0 Å². The maximum absolute atomic E-state index is 11.8. The SMILES string of the molecule is CCCNC1CCN(CCNC(C)=O)C1=O. The van der Waals surface area contributed by atoms with E-state index in [9.17, 15) is 9.59 Å². The Morgan fingerprint density at radius 1 is 1.50 bits per heavy atom. The van der Waals surface area contributed by atoms with Crippen LogP contribution in [0, 0.1) is 0 Å². The van der Waals surface area contributed by atoms with Crippen LogP contribution in [0.3, 0.4) is 0 Å². The van der Waals surface area contributed by atoms with Gasteiger partial charge in [-0.1, -0.05) is 6.92 Å². The first-order chi connectivity index (χ1) is 7.65. The van der Waals surface area contributed by atoms with Gasteiger partial charge < -0.3 is 15.5 Å². The summed E-state index contributed by atoms with van der Waals surface area (Å²) in [6.45, 7) is 6.40. The zero-order valence-corrected chi connectivity index (χ0v) is 10.1. The van der Waals surface area contributed by atoms with Gasteiger partial charge in [0.1, 0.15) is 0 Å². The minimum Gasteiger partial charge on any atom is -0.355 e. The van der Waals surface area contributed by atoms with E-state index >= 15 is 0 Å². The number of amides is 2. The van der Waals surface area contributed by atoms with Crippen LogP contribution in [0.2, 0.25) is 0 Å². The molecule has 1 fully saturated rings. The molecule has 0 aliphatic carbocycles. The molecule has 1 aliphatic heterocycles. The molecule has 0 radical (unpaired) electrons. The van der Waals surface area contributed by atoms with Crippen molar-refractivity contribution in [2.45, 2.75) is 32.7 Å². The molecule has 0 saturated carbocycles. The molecule has 1 aliphatic rings. The van der Waals surface area contributed by atoms with Crippen molar-refractivity contribution in [3.05, 3.63) is 0 Å². The number of carbonyl (C=O) groups is 2. The van der Waals surface area contributed by atoms with E-state index in [1.54, 1.807) is 0 Å². The number of carbonyl (C=O) groups excluding carboxylic acids is 2. The maximum atomic E-state index is 11.8. The lowest BCUT2D eigenvalue weighted by molar-refractivity contribution is -0.129. The average Bonchev–Trinajstić information content (AvgIpc) is 2.57. The molecule has 2 N–H and O–H groups in total. The second-order valence-corrected chi connectivity index (χ2v) is 4.10. The summed E-state index contributed by atoms with van der Waals surface area (Å²) in [4.78, 5) is 24.3. The van der Waals surface area contributed by atoms with E-state index in [0.717, 1.165) is 25.9 Å². The molecule has 0 aromatic heterocycles. The van der Waals surface area contributed by atoms with Gasteiger partial charge in [-0.25, -0.2) is 0 Å². The standard InChI is InChI=1S/C11H21N3O2/c1-3-5-13-10-4-7-14(11(10)16)8-6-12-9(2)15/h10,13H,3-8H2,1-2H3,(H,12,15). The lowest BCUT2D eigenvalue weighted by Crippen LogP contribution is -2.41. The van der Waals surface area contributed by atoms with Gasteiger partial charge in [0.15, 0.2) is 0 Å². The van der Waals surface area contributed by atoms with Crippen LogP contribution in [0.25, 0.3) is 0 Å². The Balaban J connectivity index is 2.25. The predicted octanol–water partition coefficient (Wildman–Crippen LogP) is -0.277. The number of nitrogens with zero attached hydrogens (tertiary/aromatic N) is 1. The quantitative estimate of drug-likeness (QED) is 0.656. The van der Waals surface area contributed by atoms with Crippen LogP contribution in [0.4, 0.5) is 0 Å². The first-order valence-corrected chi connectivity index (χ1v) is 5.91. The molecule has 5 heteroatoms. The van der Waals surface area contributed by atoms with Crippen molar-refractivity contribution in [2.75, 3.05) is 26.2 Å². The smallest absolute Gasteiger partial charge is 0.239 e. The van der Waals surface area contributed by atoms with E-state index in [0.29, 0.717) is 13.1 Å². The molecule has 92 valence electrons. The second-order valence-electron chi connectivity index (χ2n) is 4.10. The summed E-state index contributed by atoms with van der Waals surface area (Å²) in [5.74, 6) is 0.117. The van der Waals surface area contributed by atoms with Crippen LogP contribution in [-0.4, -0.2) is 48.9 Å². The Hall–Kier alpha value is -1.10. The molecule has 1 saturated heterocycles. The van der Waals surface area contributed by atoms with E-state index in [-0.39, 0.29) is 17.9 Å². The molecule has 1 heterocycles. The van der Waals surface area contributed by atoms with Gasteiger partial charge in [-0.15, -0.1) is 0 Å². The molecule has 1 rings (SSSR count). The van der Waals surface area contributed by atoms with Gasteiger partial charge in [0.25, 0.3) is 0 Å². The Morgan fingerprint density at radius 3 is 2.88 bits per heavy atom. The number of likely N-dealkylation sites (tertiary alicyclic amines) is 1. The molecule has 5 nitrogen and oxygen atoms in total. The summed E-state index contributed by atoms with van der Waals surface area (Å²) < 4.78 is 0. The Kier molecular flexibility index (Phi) is 5.25. The maximum Gasteiger partial charge on any atom is 0.239 e. The van der Waals surface area contributed by atoms with E-state index in [1.165, 1.54) is 6.92 Å². The van der Waals surface area contributed by atoms with E-state index in [1.807, 2.05) is 4.90 Å². The van der Waals surface area contributed by atoms with Crippen LogP contribution in [0.15, 0.2) is 0 Å². The zero-order valence-electron chi connectivity index (χ0n) is 10.1. The van der Waals surface area contributed by atoms with Crippen molar-refractivity contribution in [3.63, 3.8) is 0 Å². The molecule has 16 heavy (non-hydrogen) atoms. The first-order valence-electron chi connectivity index (χ1n) is 5.91. The normalized spacial score (nSPS) is 20.2. The van der Waals surface area contributed by atoms with E-state index in [4.69, 9.17) is 0 Å². The van der Waals surface area contributed by atoms with Crippen molar-refractivity contribution >= 4 is 11.8 Å². The predicted molar refractivity (Wildman–Crippen MR) is 62.0 cm³/mol. The molecule has 0 spiro atoms. The van der Waals surface area contributed by atoms with Crippen LogP contribution >= 0.6 is 0 Å². The van der Waals surface area contributed by atoms with Gasteiger partial charge in [0, 0.05) is 26.6 Å². The highest BCUT2D eigenvalue weighted by atomic mass is 16.2. The van der Waals surface area contributed by atoms with Crippen LogP contribution < -0.4 is 10.6 Å². The van der Waals surface area contributed by atoms with Crippen LogP contribution in [-0.2, 0) is 9.59 Å². The first kappa shape index (κ1) is 13.0. The molecule has 2 amide bonds. The minimum atomic E-state index is -0.0488. The zero-order chi connectivity index (χ0) is 12.0. The fraction of sp³-hybridized carbons (Fsp3) is 0.818. The number of rotatable bonds is 6. The molecule has 0 bridgehead atoms. The average molecular weight is 227 g/mol. The van der Waals surface area contributed by atoms with Crippen molar-refractivity contribution in [1.82, 2.24) is 15.5 Å². The van der Waals surface area contributed by atoms with Crippen molar-refractivity contribution < 1.29 is 9.59 Å². The fourth-order valence-corrected chi connectivity index (χ4v) is 1.84. The third-order valence-corrected chi connectivity index (χ3v) is 2.69. The molecule has 0 aromatic carbocycles. The van der Waals surface area contributed by atoms with Crippen LogP contribution in [0.1, 0.15) is 26.7 Å². The second kappa shape index (κ2) is 6.48. The summed E-state index contributed by atoms with van der Waals surface area (Å²) in [7, 11) is 0. The molecule has 1 atom stereocenters. The summed E-state index contributed by atoms with van der Waals surface area (Å²) in [5.41, 5.74) is 0. The van der Waals surface area contributed by atoms with Gasteiger partial charge in [0.05, 0.1) is 6.04 Å². The third kappa shape index (κ3) is 3.81. The van der Waals surface area contributed by atoms with E-state index in [2.05, 4.69) is 17.6 Å². The number of nitrogens with one attached hydrogen (secondary N) is 2. The van der Waals surface area contributed by atoms with Gasteiger partial charge in [-0.2, -0.15) is 0 Å². The molecule has 1 unspecified atom stereocenters. The Bertz CT molecular complexity index is 256. The summed E-state index contributed by atoms with van der Waals surface area (Å²) in [6.07, 6.45) is 1.91. The Morgan fingerprint density at radius 2 is 2.25 bits per heavy atom. The largest absolute Gasteiger partial charge is 0.355 e. The van der Waals surface area contributed by atoms with Crippen molar-refractivity contribution in [1.29, 1.82) is 0 Å². The minimum absolute atomic E-state index is 0.0164. The van der Waals surface area contributed by atoms with Gasteiger partial charge in [-0.05, 0) is 19.4 Å². The fourth-order valence-electron chi connectivity index (χ4n) is 1.84. The third-order valence-electron chi connectivity index (χ3n) is 2.69. The lowest BCUT2D eigenvalue weighted by Gasteiger charge is -2.17.